The second-order valence-electron chi connectivity index (χ2n) is 4.82. The van der Waals surface area contributed by atoms with Crippen LogP contribution in [0.3, 0.4) is 0 Å². The predicted molar refractivity (Wildman–Crippen MR) is 88.0 cm³/mol. The van der Waals surface area contributed by atoms with Gasteiger partial charge in [-0.25, -0.2) is 0 Å². The number of ether oxygens (including phenoxy) is 1. The van der Waals surface area contributed by atoms with Gasteiger partial charge in [0.15, 0.2) is 0 Å². The zero-order valence-electron chi connectivity index (χ0n) is 12.0. The van der Waals surface area contributed by atoms with Gasteiger partial charge in [0, 0.05) is 26.6 Å². The third-order valence-corrected chi connectivity index (χ3v) is 4.24. The van der Waals surface area contributed by atoms with Gasteiger partial charge in [-0.2, -0.15) is 0 Å². The largest absolute Gasteiger partial charge is 0.497 e. The number of rotatable bonds is 3. The molecule has 0 atom stereocenters. The van der Waals surface area contributed by atoms with Gasteiger partial charge in [-0.3, -0.25) is 4.98 Å². The summed E-state index contributed by atoms with van der Waals surface area (Å²) in [6.07, 6.45) is 0. The lowest BCUT2D eigenvalue weighted by Crippen LogP contribution is -1.90. The highest BCUT2D eigenvalue weighted by Crippen LogP contribution is 2.35. The minimum absolute atomic E-state index is 0.751. The number of hydrogen-bond donors (Lipinski definition) is 1. The summed E-state index contributed by atoms with van der Waals surface area (Å²) in [5.74, 6) is 0.856. The minimum Gasteiger partial charge on any atom is -0.497 e. The standard InChI is InChI=1S/C17H16N2OS/c1-11-8-17(15-9-12(18)6-7-16(15)19-11)21-14-5-3-4-13(10-14)20-2/h3-10H,18H2,1-2H3. The van der Waals surface area contributed by atoms with Crippen molar-refractivity contribution in [2.75, 3.05) is 12.8 Å². The SMILES string of the molecule is COc1cccc(Sc2cc(C)nc3ccc(N)cc23)c1. The van der Waals surface area contributed by atoms with Crippen LogP contribution in [0.4, 0.5) is 5.69 Å². The Balaban J connectivity index is 2.08. The quantitative estimate of drug-likeness (QED) is 0.733. The number of hydrogen-bond acceptors (Lipinski definition) is 4. The highest BCUT2D eigenvalue weighted by molar-refractivity contribution is 7.99. The maximum Gasteiger partial charge on any atom is 0.119 e. The van der Waals surface area contributed by atoms with E-state index in [2.05, 4.69) is 17.1 Å². The molecule has 3 rings (SSSR count). The minimum atomic E-state index is 0.751. The van der Waals surface area contributed by atoms with Gasteiger partial charge in [-0.1, -0.05) is 17.8 Å². The van der Waals surface area contributed by atoms with E-state index in [9.17, 15) is 0 Å². The molecular weight excluding hydrogens is 280 g/mol. The average molecular weight is 296 g/mol. The Labute approximate surface area is 128 Å². The van der Waals surface area contributed by atoms with Gasteiger partial charge in [0.2, 0.25) is 0 Å². The van der Waals surface area contributed by atoms with E-state index < -0.39 is 0 Å². The molecule has 21 heavy (non-hydrogen) atoms. The summed E-state index contributed by atoms with van der Waals surface area (Å²) in [5, 5.41) is 1.08. The maximum absolute atomic E-state index is 5.91. The van der Waals surface area contributed by atoms with E-state index in [0.717, 1.165) is 37.8 Å². The number of nitrogen functional groups attached to an aromatic ring is 1. The molecule has 3 aromatic rings. The van der Waals surface area contributed by atoms with Crippen LogP contribution in [-0.2, 0) is 0 Å². The van der Waals surface area contributed by atoms with Crippen LogP contribution < -0.4 is 10.5 Å². The number of aryl methyl sites for hydroxylation is 1. The molecule has 0 amide bonds. The number of nitrogens with zero attached hydrogens (tertiary/aromatic N) is 1. The molecule has 1 heterocycles. The van der Waals surface area contributed by atoms with Crippen molar-refractivity contribution < 1.29 is 4.74 Å². The third kappa shape index (κ3) is 2.95. The second kappa shape index (κ2) is 5.66. The molecular formula is C17H16N2OS. The molecule has 0 saturated carbocycles. The van der Waals surface area contributed by atoms with Crippen LogP contribution in [0.5, 0.6) is 5.75 Å². The van der Waals surface area contributed by atoms with Gasteiger partial charge in [-0.05, 0) is 49.4 Å². The molecule has 0 fully saturated rings. The Bertz CT molecular complexity index is 802. The van der Waals surface area contributed by atoms with Gasteiger partial charge in [0.1, 0.15) is 5.75 Å². The molecule has 2 aromatic carbocycles. The highest BCUT2D eigenvalue weighted by atomic mass is 32.2. The van der Waals surface area contributed by atoms with Crippen molar-refractivity contribution in [1.82, 2.24) is 4.98 Å². The molecule has 0 radical (unpaired) electrons. The Morgan fingerprint density at radius 2 is 1.95 bits per heavy atom. The first-order chi connectivity index (χ1) is 10.2. The number of methoxy groups -OCH3 is 1. The van der Waals surface area contributed by atoms with Crippen molar-refractivity contribution in [1.29, 1.82) is 0 Å². The van der Waals surface area contributed by atoms with Crippen LogP contribution in [0.25, 0.3) is 10.9 Å². The first-order valence-corrected chi connectivity index (χ1v) is 7.46. The van der Waals surface area contributed by atoms with Gasteiger partial charge in [-0.15, -0.1) is 0 Å². The van der Waals surface area contributed by atoms with Crippen LogP contribution in [0.1, 0.15) is 5.69 Å². The van der Waals surface area contributed by atoms with Crippen LogP contribution in [0, 0.1) is 6.92 Å². The third-order valence-electron chi connectivity index (χ3n) is 3.19. The molecule has 1 aromatic heterocycles. The van der Waals surface area contributed by atoms with Gasteiger partial charge < -0.3 is 10.5 Å². The number of pyridine rings is 1. The van der Waals surface area contributed by atoms with Crippen LogP contribution >= 0.6 is 11.8 Å². The number of fused-ring (bicyclic) bond motifs is 1. The van der Waals surface area contributed by atoms with Crippen molar-refractivity contribution >= 4 is 28.4 Å². The Hall–Kier alpha value is -2.20. The Morgan fingerprint density at radius 3 is 2.76 bits per heavy atom. The molecule has 0 saturated heterocycles. The molecule has 0 bridgehead atoms. The Morgan fingerprint density at radius 1 is 1.10 bits per heavy atom. The summed E-state index contributed by atoms with van der Waals surface area (Å²) in [6, 6.07) is 15.9. The molecule has 4 heteroatoms. The van der Waals surface area contributed by atoms with Gasteiger partial charge in [0.05, 0.1) is 12.6 Å². The van der Waals surface area contributed by atoms with E-state index in [1.807, 2.05) is 43.3 Å². The van der Waals surface area contributed by atoms with Crippen molar-refractivity contribution in [2.45, 2.75) is 16.7 Å². The molecule has 0 aliphatic heterocycles. The lowest BCUT2D eigenvalue weighted by molar-refractivity contribution is 0.413. The fraction of sp³-hybridized carbons (Fsp3) is 0.118. The molecule has 2 N–H and O–H groups in total. The zero-order valence-corrected chi connectivity index (χ0v) is 12.8. The van der Waals surface area contributed by atoms with E-state index in [0.29, 0.717) is 0 Å². The number of benzene rings is 2. The first kappa shape index (κ1) is 13.8. The van der Waals surface area contributed by atoms with Crippen LogP contribution in [0.15, 0.2) is 58.3 Å². The highest BCUT2D eigenvalue weighted by Gasteiger charge is 2.07. The summed E-state index contributed by atoms with van der Waals surface area (Å²) in [4.78, 5) is 6.84. The number of anilines is 1. The summed E-state index contributed by atoms with van der Waals surface area (Å²) in [6.45, 7) is 2.01. The smallest absolute Gasteiger partial charge is 0.119 e. The van der Waals surface area contributed by atoms with E-state index in [1.54, 1.807) is 18.9 Å². The molecule has 106 valence electrons. The molecule has 0 spiro atoms. The predicted octanol–water partition coefficient (Wildman–Crippen LogP) is 4.29. The average Bonchev–Trinajstić information content (AvgIpc) is 2.48. The fourth-order valence-electron chi connectivity index (χ4n) is 2.21. The van der Waals surface area contributed by atoms with Crippen molar-refractivity contribution in [3.63, 3.8) is 0 Å². The number of nitrogens with two attached hydrogens (primary N) is 1. The number of aromatic nitrogens is 1. The molecule has 3 nitrogen and oxygen atoms in total. The molecule has 0 aliphatic carbocycles. The topological polar surface area (TPSA) is 48.1 Å². The van der Waals surface area contributed by atoms with E-state index in [1.165, 1.54) is 0 Å². The summed E-state index contributed by atoms with van der Waals surface area (Å²) in [7, 11) is 1.68. The van der Waals surface area contributed by atoms with Crippen molar-refractivity contribution in [3.8, 4) is 5.75 Å². The summed E-state index contributed by atoms with van der Waals surface area (Å²) >= 11 is 1.69. The van der Waals surface area contributed by atoms with E-state index in [-0.39, 0.29) is 0 Å². The maximum atomic E-state index is 5.91. The molecule has 0 unspecified atom stereocenters. The molecule has 0 aliphatic rings. The lowest BCUT2D eigenvalue weighted by atomic mass is 10.2. The fourth-order valence-corrected chi connectivity index (χ4v) is 3.29. The normalized spacial score (nSPS) is 10.8. The van der Waals surface area contributed by atoms with Gasteiger partial charge >= 0.3 is 0 Å². The monoisotopic (exact) mass is 296 g/mol. The van der Waals surface area contributed by atoms with Crippen molar-refractivity contribution in [3.05, 3.63) is 54.2 Å². The van der Waals surface area contributed by atoms with E-state index >= 15 is 0 Å². The zero-order chi connectivity index (χ0) is 14.8. The van der Waals surface area contributed by atoms with Gasteiger partial charge in [0.25, 0.3) is 0 Å². The lowest BCUT2D eigenvalue weighted by Gasteiger charge is -2.09. The Kier molecular flexibility index (Phi) is 3.71. The second-order valence-corrected chi connectivity index (χ2v) is 5.93. The summed E-state index contributed by atoms with van der Waals surface area (Å²) in [5.41, 5.74) is 8.63. The summed E-state index contributed by atoms with van der Waals surface area (Å²) < 4.78 is 5.28. The van der Waals surface area contributed by atoms with E-state index in [4.69, 9.17) is 10.5 Å². The van der Waals surface area contributed by atoms with Crippen molar-refractivity contribution in [2.24, 2.45) is 0 Å². The first-order valence-electron chi connectivity index (χ1n) is 6.64. The van der Waals surface area contributed by atoms with Crippen LogP contribution in [0.2, 0.25) is 0 Å². The van der Waals surface area contributed by atoms with Crippen LogP contribution in [-0.4, -0.2) is 12.1 Å².